The SMILES string of the molecule is c1ccc2c(c1)C1c3ccccc3C2c2c1ncc1c2c2cc3c4cc5ccccc5cc4oc3c3c4c5c(ncc4n1c23)C1c2ccccc2C5c2ccccc21. The molecular formula is C54H29N3O. The normalized spacial score (nSPS) is 19.4. The summed E-state index contributed by atoms with van der Waals surface area (Å²) in [4.78, 5) is 11.0. The van der Waals surface area contributed by atoms with Crippen molar-refractivity contribution in [3.63, 3.8) is 0 Å². The van der Waals surface area contributed by atoms with Gasteiger partial charge in [-0.3, -0.25) is 9.97 Å². The van der Waals surface area contributed by atoms with Crippen LogP contribution in [-0.4, -0.2) is 14.4 Å². The smallest absolute Gasteiger partial charge is 0.145 e. The molecule has 0 fully saturated rings. The van der Waals surface area contributed by atoms with E-state index in [4.69, 9.17) is 14.4 Å². The van der Waals surface area contributed by atoms with E-state index in [0.717, 1.165) is 33.0 Å². The Labute approximate surface area is 331 Å². The third-order valence-corrected chi connectivity index (χ3v) is 14.7. The molecule has 0 saturated heterocycles. The molecule has 0 N–H and O–H groups in total. The van der Waals surface area contributed by atoms with Gasteiger partial charge in [0.2, 0.25) is 0 Å². The van der Waals surface area contributed by atoms with Gasteiger partial charge >= 0.3 is 0 Å². The fraction of sp³-hybridized carbons (Fsp3) is 0.0741. The molecule has 6 aliphatic carbocycles. The molecular weight excluding hydrogens is 707 g/mol. The first-order valence-electron chi connectivity index (χ1n) is 20.5. The molecule has 266 valence electrons. The van der Waals surface area contributed by atoms with Crippen LogP contribution in [0.5, 0.6) is 0 Å². The van der Waals surface area contributed by atoms with Crippen molar-refractivity contribution in [1.29, 1.82) is 0 Å². The molecule has 4 nitrogen and oxygen atoms in total. The lowest BCUT2D eigenvalue weighted by atomic mass is 9.62. The summed E-state index contributed by atoms with van der Waals surface area (Å²) in [7, 11) is 0. The maximum Gasteiger partial charge on any atom is 0.145 e. The van der Waals surface area contributed by atoms with Crippen LogP contribution >= 0.6 is 0 Å². The standard InChI is InChI=1S/C54H29N3O/c1-2-12-27-22-41-36(21-26(27)11-1)37-23-38-46-39(24-55-51-44-32-17-7-3-13-28(32)42(48(46)51)29-14-4-8-18-33(29)44)57-40-25-56-52-45-34-19-9-5-15-30(34)43(31-16-6-10-20-35(31)45)49(52)47(40)50(53(38)57)54(37)58-41/h1-25,42-45H. The van der Waals surface area contributed by atoms with Gasteiger partial charge in [-0.05, 0) is 84.6 Å². The van der Waals surface area contributed by atoms with Crippen LogP contribution in [0.3, 0.4) is 0 Å². The number of nitrogens with zero attached hydrogens (tertiary/aromatic N) is 3. The zero-order valence-electron chi connectivity index (χ0n) is 31.0. The molecule has 4 bridgehead atoms. The van der Waals surface area contributed by atoms with Crippen molar-refractivity contribution < 1.29 is 4.42 Å². The fourth-order valence-electron chi connectivity index (χ4n) is 12.6. The fourth-order valence-corrected chi connectivity index (χ4v) is 12.6. The largest absolute Gasteiger partial charge is 0.455 e. The Morgan fingerprint density at radius 3 is 1.40 bits per heavy atom. The summed E-state index contributed by atoms with van der Waals surface area (Å²) in [5, 5.41) is 9.74. The molecule has 0 unspecified atom stereocenters. The Bertz CT molecular complexity index is 3810. The first kappa shape index (κ1) is 29.0. The molecule has 18 rings (SSSR count). The molecule has 0 spiro atoms. The molecule has 5 aromatic heterocycles. The molecule has 7 aromatic carbocycles. The molecule has 12 aromatic rings. The Balaban J connectivity index is 1.13. The second-order valence-corrected chi connectivity index (χ2v) is 17.0. The van der Waals surface area contributed by atoms with E-state index in [1.807, 2.05) is 0 Å². The monoisotopic (exact) mass is 735 g/mol. The highest BCUT2D eigenvalue weighted by atomic mass is 16.3. The predicted octanol–water partition coefficient (Wildman–Crippen LogP) is 12.7. The van der Waals surface area contributed by atoms with E-state index >= 15 is 0 Å². The summed E-state index contributed by atoms with van der Waals surface area (Å²) < 4.78 is 9.69. The molecule has 0 radical (unpaired) electrons. The van der Waals surface area contributed by atoms with Gasteiger partial charge in [0.15, 0.2) is 0 Å². The molecule has 58 heavy (non-hydrogen) atoms. The van der Waals surface area contributed by atoms with Gasteiger partial charge in [-0.2, -0.15) is 0 Å². The number of furan rings is 1. The van der Waals surface area contributed by atoms with Crippen LogP contribution in [0.4, 0.5) is 0 Å². The zero-order chi connectivity index (χ0) is 37.1. The van der Waals surface area contributed by atoms with E-state index in [-0.39, 0.29) is 23.7 Å². The molecule has 5 heterocycles. The molecule has 0 aliphatic heterocycles. The Morgan fingerprint density at radius 2 is 0.862 bits per heavy atom. The maximum atomic E-state index is 7.19. The van der Waals surface area contributed by atoms with Crippen LogP contribution < -0.4 is 0 Å². The topological polar surface area (TPSA) is 43.3 Å². The third kappa shape index (κ3) is 3.08. The number of hydrogen-bond donors (Lipinski definition) is 0. The average molecular weight is 736 g/mol. The summed E-state index contributed by atoms with van der Waals surface area (Å²) in [6.45, 7) is 0. The number of hydrogen-bond acceptors (Lipinski definition) is 3. The minimum Gasteiger partial charge on any atom is -0.455 e. The number of aromatic nitrogens is 3. The molecule has 0 atom stereocenters. The van der Waals surface area contributed by atoms with Gasteiger partial charge in [0.05, 0.1) is 57.6 Å². The van der Waals surface area contributed by atoms with E-state index in [9.17, 15) is 0 Å². The Kier molecular flexibility index (Phi) is 4.81. The third-order valence-electron chi connectivity index (χ3n) is 14.7. The van der Waals surface area contributed by atoms with Crippen molar-refractivity contribution in [3.05, 3.63) is 219 Å². The van der Waals surface area contributed by atoms with Crippen LogP contribution in [0.2, 0.25) is 0 Å². The second kappa shape index (κ2) is 9.62. The number of pyridine rings is 2. The lowest BCUT2D eigenvalue weighted by Gasteiger charge is -2.41. The molecule has 0 amide bonds. The molecule has 6 aliphatic rings. The van der Waals surface area contributed by atoms with Crippen molar-refractivity contribution in [2.45, 2.75) is 23.7 Å². The van der Waals surface area contributed by atoms with E-state index in [0.29, 0.717) is 0 Å². The Hall–Kier alpha value is -7.30. The first-order valence-corrected chi connectivity index (χ1v) is 20.5. The van der Waals surface area contributed by atoms with E-state index in [1.165, 1.54) is 105 Å². The first-order chi connectivity index (χ1) is 28.8. The highest BCUT2D eigenvalue weighted by Crippen LogP contribution is 2.61. The summed E-state index contributed by atoms with van der Waals surface area (Å²) in [6.07, 6.45) is 4.33. The zero-order valence-corrected chi connectivity index (χ0v) is 31.0. The number of benzene rings is 7. The van der Waals surface area contributed by atoms with Gasteiger partial charge in [-0.15, -0.1) is 0 Å². The minimum atomic E-state index is 0.0672. The Morgan fingerprint density at radius 1 is 0.414 bits per heavy atom. The quantitative estimate of drug-likeness (QED) is 0.156. The summed E-state index contributed by atoms with van der Waals surface area (Å²) >= 11 is 0. The highest BCUT2D eigenvalue weighted by molar-refractivity contribution is 6.34. The molecule has 0 saturated carbocycles. The maximum absolute atomic E-state index is 7.19. The van der Waals surface area contributed by atoms with Gasteiger partial charge in [0.1, 0.15) is 11.2 Å². The van der Waals surface area contributed by atoms with Crippen molar-refractivity contribution in [2.24, 2.45) is 0 Å². The van der Waals surface area contributed by atoms with Crippen LogP contribution in [0, 0.1) is 0 Å². The highest BCUT2D eigenvalue weighted by Gasteiger charge is 2.46. The van der Waals surface area contributed by atoms with E-state index in [1.54, 1.807) is 0 Å². The summed E-state index contributed by atoms with van der Waals surface area (Å²) in [5.74, 6) is 0.335. The van der Waals surface area contributed by atoms with E-state index in [2.05, 4.69) is 156 Å². The summed E-state index contributed by atoms with van der Waals surface area (Å²) in [6, 6.07) is 51.9. The van der Waals surface area contributed by atoms with Crippen molar-refractivity contribution >= 4 is 70.8 Å². The number of fused-ring (bicyclic) bond motifs is 11. The van der Waals surface area contributed by atoms with Crippen LogP contribution in [0.25, 0.3) is 70.8 Å². The van der Waals surface area contributed by atoms with Crippen molar-refractivity contribution in [2.75, 3.05) is 0 Å². The van der Waals surface area contributed by atoms with Crippen molar-refractivity contribution in [1.82, 2.24) is 14.4 Å². The van der Waals surface area contributed by atoms with Crippen LogP contribution in [0.1, 0.15) is 90.7 Å². The lowest BCUT2D eigenvalue weighted by molar-refractivity contribution is 0.673. The summed E-state index contributed by atoms with van der Waals surface area (Å²) in [5.41, 5.74) is 21.5. The van der Waals surface area contributed by atoms with Gasteiger partial charge < -0.3 is 8.82 Å². The van der Waals surface area contributed by atoms with Gasteiger partial charge in [-0.25, -0.2) is 0 Å². The molecule has 4 heteroatoms. The van der Waals surface area contributed by atoms with Gasteiger partial charge in [0.25, 0.3) is 0 Å². The van der Waals surface area contributed by atoms with Crippen molar-refractivity contribution in [3.8, 4) is 0 Å². The van der Waals surface area contributed by atoms with Gasteiger partial charge in [-0.1, -0.05) is 121 Å². The van der Waals surface area contributed by atoms with Gasteiger partial charge in [0, 0.05) is 38.8 Å². The minimum absolute atomic E-state index is 0.0672. The predicted molar refractivity (Wildman–Crippen MR) is 231 cm³/mol. The lowest BCUT2D eigenvalue weighted by Crippen LogP contribution is -2.28. The second-order valence-electron chi connectivity index (χ2n) is 17.0. The van der Waals surface area contributed by atoms with E-state index < -0.39 is 0 Å². The van der Waals surface area contributed by atoms with Crippen LogP contribution in [-0.2, 0) is 0 Å². The average Bonchev–Trinajstić information content (AvgIpc) is 3.94. The number of rotatable bonds is 0. The van der Waals surface area contributed by atoms with Crippen LogP contribution in [0.15, 0.2) is 156 Å².